The molecule has 1 aliphatic rings. The summed E-state index contributed by atoms with van der Waals surface area (Å²) in [5, 5.41) is 0. The number of hydrogen-bond donors (Lipinski definition) is 0. The van der Waals surface area contributed by atoms with Crippen LogP contribution in [0, 0.1) is 0 Å². The van der Waals surface area contributed by atoms with Crippen molar-refractivity contribution in [1.82, 2.24) is 4.57 Å². The van der Waals surface area contributed by atoms with Crippen LogP contribution in [0.5, 0.6) is 17.2 Å². The normalized spacial score (nSPS) is 14.9. The number of esters is 1. The van der Waals surface area contributed by atoms with E-state index >= 15 is 0 Å². The van der Waals surface area contributed by atoms with Gasteiger partial charge in [-0.1, -0.05) is 17.4 Å². The molecular formula is C32H39N3O6S. The predicted molar refractivity (Wildman–Crippen MR) is 166 cm³/mol. The van der Waals surface area contributed by atoms with Crippen LogP contribution in [0.4, 0.5) is 5.69 Å². The van der Waals surface area contributed by atoms with Crippen LogP contribution in [-0.4, -0.2) is 50.6 Å². The highest BCUT2D eigenvalue weighted by Crippen LogP contribution is 2.36. The molecule has 0 radical (unpaired) electrons. The fourth-order valence-corrected chi connectivity index (χ4v) is 6.10. The van der Waals surface area contributed by atoms with Gasteiger partial charge in [0, 0.05) is 30.4 Å². The van der Waals surface area contributed by atoms with Crippen molar-refractivity contribution in [2.24, 2.45) is 4.99 Å². The highest BCUT2D eigenvalue weighted by molar-refractivity contribution is 7.07. The van der Waals surface area contributed by atoms with Gasteiger partial charge in [0.05, 0.1) is 48.8 Å². The van der Waals surface area contributed by atoms with Crippen molar-refractivity contribution in [3.63, 3.8) is 0 Å². The molecule has 2 aromatic carbocycles. The van der Waals surface area contributed by atoms with Gasteiger partial charge >= 0.3 is 5.97 Å². The Labute approximate surface area is 250 Å². The smallest absolute Gasteiger partial charge is 0.338 e. The minimum atomic E-state index is -0.767. The number of anilines is 1. The van der Waals surface area contributed by atoms with E-state index in [2.05, 4.69) is 23.7 Å². The topological polar surface area (TPSA) is 91.6 Å². The van der Waals surface area contributed by atoms with E-state index in [-0.39, 0.29) is 18.3 Å². The third kappa shape index (κ3) is 6.09. The van der Waals surface area contributed by atoms with Crippen LogP contribution in [0.2, 0.25) is 0 Å². The maximum Gasteiger partial charge on any atom is 0.338 e. The molecule has 9 nitrogen and oxygen atoms in total. The van der Waals surface area contributed by atoms with Crippen LogP contribution in [0.15, 0.2) is 57.5 Å². The van der Waals surface area contributed by atoms with Crippen LogP contribution < -0.4 is 34.0 Å². The van der Waals surface area contributed by atoms with E-state index in [0.29, 0.717) is 43.4 Å². The van der Waals surface area contributed by atoms with Crippen molar-refractivity contribution >= 4 is 29.1 Å². The van der Waals surface area contributed by atoms with Crippen molar-refractivity contribution in [3.8, 4) is 17.2 Å². The fraction of sp³-hybridized carbons (Fsp3) is 0.406. The first-order valence-electron chi connectivity index (χ1n) is 14.1. The van der Waals surface area contributed by atoms with Crippen molar-refractivity contribution in [3.05, 3.63) is 78.5 Å². The molecule has 0 saturated carbocycles. The molecule has 0 aliphatic carbocycles. The number of allylic oxidation sites excluding steroid dienone is 1. The van der Waals surface area contributed by atoms with Crippen molar-refractivity contribution < 1.29 is 23.7 Å². The van der Waals surface area contributed by atoms with Gasteiger partial charge in [-0.2, -0.15) is 0 Å². The van der Waals surface area contributed by atoms with E-state index in [1.54, 1.807) is 44.8 Å². The van der Waals surface area contributed by atoms with Crippen molar-refractivity contribution in [2.75, 3.05) is 38.8 Å². The Morgan fingerprint density at radius 3 is 2.38 bits per heavy atom. The van der Waals surface area contributed by atoms with Gasteiger partial charge in [0.25, 0.3) is 5.56 Å². The van der Waals surface area contributed by atoms with E-state index in [9.17, 15) is 9.59 Å². The summed E-state index contributed by atoms with van der Waals surface area (Å²) in [4.78, 5) is 34.7. The molecule has 0 spiro atoms. The first-order valence-corrected chi connectivity index (χ1v) is 15.0. The number of hydrogen-bond acceptors (Lipinski definition) is 9. The third-order valence-electron chi connectivity index (χ3n) is 7.02. The molecule has 1 atom stereocenters. The van der Waals surface area contributed by atoms with Crippen LogP contribution in [-0.2, 0) is 9.53 Å². The molecule has 4 rings (SSSR count). The van der Waals surface area contributed by atoms with Crippen molar-refractivity contribution in [1.29, 1.82) is 0 Å². The van der Waals surface area contributed by atoms with Crippen LogP contribution >= 0.6 is 11.3 Å². The average molecular weight is 594 g/mol. The third-order valence-corrected chi connectivity index (χ3v) is 8.00. The quantitative estimate of drug-likeness (QED) is 0.304. The molecule has 0 bridgehead atoms. The summed E-state index contributed by atoms with van der Waals surface area (Å²) in [7, 11) is 3.18. The average Bonchev–Trinajstić information content (AvgIpc) is 3.27. The molecule has 1 aromatic heterocycles. The summed E-state index contributed by atoms with van der Waals surface area (Å²) < 4.78 is 24.7. The number of rotatable bonds is 11. The molecule has 224 valence electrons. The number of carbonyl (C=O) groups excluding carboxylic acids is 1. The molecule has 0 N–H and O–H groups in total. The Balaban J connectivity index is 1.92. The molecule has 10 heteroatoms. The van der Waals surface area contributed by atoms with Gasteiger partial charge in [-0.3, -0.25) is 9.36 Å². The Bertz CT molecular complexity index is 1670. The standard InChI is InChI=1S/C32H39N3O6S/c1-9-34(10-2)23-14-12-21(25(18-23)38-7)17-27-30(36)35-29(22-13-15-24(41-19(4)5)26(16-22)39-8)28(31(37)40-11-3)20(6)33-32(35)42-27/h12-19,29H,9-11H2,1-8H3/b27-17-/t29-/m0/s1. The van der Waals surface area contributed by atoms with E-state index in [4.69, 9.17) is 18.9 Å². The van der Waals surface area contributed by atoms with Gasteiger partial charge in [0.15, 0.2) is 16.3 Å². The van der Waals surface area contributed by atoms with Gasteiger partial charge < -0.3 is 23.8 Å². The summed E-state index contributed by atoms with van der Waals surface area (Å²) in [5.41, 5.74) is 3.02. The lowest BCUT2D eigenvalue weighted by Crippen LogP contribution is -2.40. The molecule has 3 aromatic rings. The van der Waals surface area contributed by atoms with Gasteiger partial charge in [0.1, 0.15) is 5.75 Å². The zero-order valence-electron chi connectivity index (χ0n) is 25.5. The minimum Gasteiger partial charge on any atom is -0.496 e. The molecule has 1 aliphatic heterocycles. The van der Waals surface area contributed by atoms with Crippen LogP contribution in [0.25, 0.3) is 6.08 Å². The zero-order valence-corrected chi connectivity index (χ0v) is 26.3. The maximum absolute atomic E-state index is 14.1. The van der Waals surface area contributed by atoms with E-state index < -0.39 is 12.0 Å². The van der Waals surface area contributed by atoms with E-state index in [0.717, 1.165) is 24.3 Å². The molecule has 2 heterocycles. The van der Waals surface area contributed by atoms with Gasteiger partial charge in [-0.05, 0) is 77.4 Å². The van der Waals surface area contributed by atoms with Crippen LogP contribution in [0.1, 0.15) is 58.7 Å². The second-order valence-corrected chi connectivity index (χ2v) is 11.0. The molecule has 0 fully saturated rings. The number of thiazole rings is 1. The number of ether oxygens (including phenoxy) is 4. The molecule has 0 unspecified atom stereocenters. The van der Waals surface area contributed by atoms with Crippen molar-refractivity contribution in [2.45, 2.75) is 53.7 Å². The summed E-state index contributed by atoms with van der Waals surface area (Å²) in [6.45, 7) is 13.5. The molecule has 0 saturated heterocycles. The SMILES string of the molecule is CCOC(=O)C1=C(C)N=c2s/c(=C\c3ccc(N(CC)CC)cc3OC)c(=O)n2[C@H]1c1ccc(OC(C)C)c(OC)c1. The predicted octanol–water partition coefficient (Wildman–Crippen LogP) is 4.45. The Morgan fingerprint density at radius 2 is 1.76 bits per heavy atom. The lowest BCUT2D eigenvalue weighted by Gasteiger charge is -2.25. The zero-order chi connectivity index (χ0) is 30.6. The first kappa shape index (κ1) is 30.9. The van der Waals surface area contributed by atoms with Gasteiger partial charge in [0.2, 0.25) is 0 Å². The highest BCUT2D eigenvalue weighted by atomic mass is 32.1. The molecule has 42 heavy (non-hydrogen) atoms. The number of aromatic nitrogens is 1. The highest BCUT2D eigenvalue weighted by Gasteiger charge is 2.34. The maximum atomic E-state index is 14.1. The first-order chi connectivity index (χ1) is 20.2. The Kier molecular flexibility index (Phi) is 9.78. The van der Waals surface area contributed by atoms with Crippen LogP contribution in [0.3, 0.4) is 0 Å². The van der Waals surface area contributed by atoms with E-state index in [1.165, 1.54) is 11.3 Å². The number of benzene rings is 2. The summed E-state index contributed by atoms with van der Waals surface area (Å²) in [6, 6.07) is 10.6. The fourth-order valence-electron chi connectivity index (χ4n) is 5.06. The lowest BCUT2D eigenvalue weighted by atomic mass is 9.95. The number of carbonyl (C=O) groups is 1. The second-order valence-electron chi connectivity index (χ2n) is 9.98. The molecule has 0 amide bonds. The van der Waals surface area contributed by atoms with Gasteiger partial charge in [-0.15, -0.1) is 0 Å². The summed E-state index contributed by atoms with van der Waals surface area (Å²) in [6.07, 6.45) is 1.76. The monoisotopic (exact) mass is 593 g/mol. The number of methoxy groups -OCH3 is 2. The number of nitrogens with zero attached hydrogens (tertiary/aromatic N) is 3. The van der Waals surface area contributed by atoms with E-state index in [1.807, 2.05) is 44.2 Å². The minimum absolute atomic E-state index is 0.0577. The largest absolute Gasteiger partial charge is 0.496 e. The Hall–Kier alpha value is -4.05. The Morgan fingerprint density at radius 1 is 1.05 bits per heavy atom. The van der Waals surface area contributed by atoms with Gasteiger partial charge in [-0.25, -0.2) is 9.79 Å². The summed E-state index contributed by atoms with van der Waals surface area (Å²) >= 11 is 1.27. The summed E-state index contributed by atoms with van der Waals surface area (Å²) in [5.74, 6) is 1.21. The second kappa shape index (κ2) is 13.3. The lowest BCUT2D eigenvalue weighted by molar-refractivity contribution is -0.139. The molecular weight excluding hydrogens is 554 g/mol. The number of fused-ring (bicyclic) bond motifs is 1.